The summed E-state index contributed by atoms with van der Waals surface area (Å²) in [5.41, 5.74) is 1.34. The molecule has 0 bridgehead atoms. The van der Waals surface area contributed by atoms with Gasteiger partial charge in [0.25, 0.3) is 0 Å². The van der Waals surface area contributed by atoms with Gasteiger partial charge in [0.1, 0.15) is 6.10 Å². The Morgan fingerprint density at radius 2 is 1.36 bits per heavy atom. The van der Waals surface area contributed by atoms with E-state index in [2.05, 4.69) is 9.78 Å². The number of carbonyl (C=O) groups excluding carboxylic acids is 3. The Bertz CT molecular complexity index is 1390. The highest BCUT2D eigenvalue weighted by Gasteiger charge is 2.48. The van der Waals surface area contributed by atoms with E-state index in [1.165, 1.54) is 6.08 Å². The van der Waals surface area contributed by atoms with Gasteiger partial charge in [0.05, 0.1) is 54.9 Å². The monoisotopic (exact) mass is 742 g/mol. The summed E-state index contributed by atoms with van der Waals surface area (Å²) < 4.78 is 16.7. The molecule has 0 aliphatic carbocycles. The van der Waals surface area contributed by atoms with Crippen molar-refractivity contribution in [3.8, 4) is 0 Å². The van der Waals surface area contributed by atoms with Crippen molar-refractivity contribution in [2.24, 2.45) is 11.8 Å². The first-order valence-corrected chi connectivity index (χ1v) is 18.3. The molecule has 292 valence electrons. The first kappa shape index (κ1) is 43.3. The van der Waals surface area contributed by atoms with Crippen molar-refractivity contribution in [1.29, 1.82) is 0 Å². The first-order chi connectivity index (χ1) is 25.4. The number of aliphatic hydroxyl groups is 3. The van der Waals surface area contributed by atoms with E-state index in [0.717, 1.165) is 32.1 Å². The summed E-state index contributed by atoms with van der Waals surface area (Å²) in [6.45, 7) is 6.07. The molecule has 4 N–H and O–H groups in total. The molecule has 2 aliphatic heterocycles. The average molecular weight is 743 g/mol. The number of ether oxygens (including phenoxy) is 3. The van der Waals surface area contributed by atoms with Gasteiger partial charge in [-0.15, -0.1) is 0 Å². The second-order valence-corrected chi connectivity index (χ2v) is 13.7. The lowest BCUT2D eigenvalue weighted by molar-refractivity contribution is -0.187. The van der Waals surface area contributed by atoms with Gasteiger partial charge in [-0.3, -0.25) is 4.79 Å². The van der Waals surface area contributed by atoms with Gasteiger partial charge < -0.3 is 34.6 Å². The second-order valence-electron chi connectivity index (χ2n) is 13.7. The summed E-state index contributed by atoms with van der Waals surface area (Å²) in [6, 6.07) is 16.6. The van der Waals surface area contributed by atoms with Crippen molar-refractivity contribution in [3.63, 3.8) is 0 Å². The number of carbonyl (C=O) groups is 4. The Hall–Kier alpha value is -4.14. The minimum Gasteiger partial charge on any atom is -0.481 e. The van der Waals surface area contributed by atoms with Crippen LogP contribution in [0.25, 0.3) is 0 Å². The molecule has 0 radical (unpaired) electrons. The summed E-state index contributed by atoms with van der Waals surface area (Å²) in [5, 5.41) is 39.5. The van der Waals surface area contributed by atoms with Gasteiger partial charge in [-0.2, -0.15) is 0 Å². The molecule has 13 nitrogen and oxygen atoms in total. The van der Waals surface area contributed by atoms with Crippen LogP contribution >= 0.6 is 0 Å². The van der Waals surface area contributed by atoms with Crippen LogP contribution in [-0.2, 0) is 33.6 Å². The SMILES string of the molecule is C/C(=C\C(=O)OCCCCCCCCC(=O)O)C[C@@H]1OC[C@H](C[C@@H]2O[C@H]2[C@@H](C)[C@H](C)O)[C@@H](O)[C@H]1O.O=C(OOC(=O)c1ccccc1)c1ccccc1. The summed E-state index contributed by atoms with van der Waals surface area (Å²) in [5.74, 6) is -2.84. The zero-order chi connectivity index (χ0) is 38.8. The number of unbranched alkanes of at least 4 members (excludes halogenated alkanes) is 5. The fourth-order valence-electron chi connectivity index (χ4n) is 5.91. The number of aliphatic hydroxyl groups excluding tert-OH is 3. The molecule has 53 heavy (non-hydrogen) atoms. The Kier molecular flexibility index (Phi) is 18.6. The molecule has 0 unspecified atom stereocenters. The smallest absolute Gasteiger partial charge is 0.386 e. The van der Waals surface area contributed by atoms with Crippen LogP contribution in [0.4, 0.5) is 0 Å². The van der Waals surface area contributed by atoms with Gasteiger partial charge >= 0.3 is 23.9 Å². The van der Waals surface area contributed by atoms with Crippen molar-refractivity contribution in [3.05, 3.63) is 83.4 Å². The topological polar surface area (TPSA) is 199 Å². The minimum absolute atomic E-state index is 0.0160. The zero-order valence-electron chi connectivity index (χ0n) is 30.7. The molecule has 2 heterocycles. The molecule has 0 saturated carbocycles. The van der Waals surface area contributed by atoms with Crippen molar-refractivity contribution in [2.45, 2.75) is 115 Å². The maximum absolute atomic E-state index is 12.1. The van der Waals surface area contributed by atoms with E-state index >= 15 is 0 Å². The average Bonchev–Trinajstić information content (AvgIpc) is 3.92. The quantitative estimate of drug-likeness (QED) is 0.0388. The van der Waals surface area contributed by atoms with Crippen molar-refractivity contribution >= 4 is 23.9 Å². The van der Waals surface area contributed by atoms with Crippen LogP contribution in [-0.4, -0.2) is 94.1 Å². The van der Waals surface area contributed by atoms with Gasteiger partial charge in [-0.25, -0.2) is 24.2 Å². The number of carboxylic acids is 1. The first-order valence-electron chi connectivity index (χ1n) is 18.3. The lowest BCUT2D eigenvalue weighted by Gasteiger charge is -2.38. The van der Waals surface area contributed by atoms with Crippen LogP contribution in [0.2, 0.25) is 0 Å². The van der Waals surface area contributed by atoms with E-state index in [1.54, 1.807) is 74.5 Å². The molecule has 2 fully saturated rings. The van der Waals surface area contributed by atoms with Gasteiger partial charge in [-0.05, 0) is 63.8 Å². The second kappa shape index (κ2) is 22.8. The molecule has 0 spiro atoms. The predicted molar refractivity (Wildman–Crippen MR) is 192 cm³/mol. The van der Waals surface area contributed by atoms with Crippen LogP contribution in [0.1, 0.15) is 99.3 Å². The van der Waals surface area contributed by atoms with Crippen LogP contribution in [0.5, 0.6) is 0 Å². The largest absolute Gasteiger partial charge is 0.481 e. The highest BCUT2D eigenvalue weighted by Crippen LogP contribution is 2.38. The van der Waals surface area contributed by atoms with Gasteiger partial charge in [0, 0.05) is 24.3 Å². The van der Waals surface area contributed by atoms with Crippen molar-refractivity contribution in [1.82, 2.24) is 0 Å². The molecule has 2 aromatic carbocycles. The normalized spacial score (nSPS) is 23.4. The van der Waals surface area contributed by atoms with Crippen molar-refractivity contribution < 1.29 is 63.6 Å². The maximum atomic E-state index is 12.1. The molecule has 2 aromatic rings. The Morgan fingerprint density at radius 3 is 1.91 bits per heavy atom. The molecule has 2 aliphatic rings. The molecular formula is C40H54O13. The van der Waals surface area contributed by atoms with Gasteiger partial charge in [-0.1, -0.05) is 74.6 Å². The molecule has 0 amide bonds. The predicted octanol–water partition coefficient (Wildman–Crippen LogP) is 5.21. The Balaban J connectivity index is 0.000000350. The number of benzene rings is 2. The van der Waals surface area contributed by atoms with Crippen LogP contribution in [0, 0.1) is 11.8 Å². The van der Waals surface area contributed by atoms with Crippen LogP contribution in [0.15, 0.2) is 72.3 Å². The molecule has 8 atom stereocenters. The number of epoxide rings is 1. The third-order valence-corrected chi connectivity index (χ3v) is 9.30. The fourth-order valence-corrected chi connectivity index (χ4v) is 5.91. The van der Waals surface area contributed by atoms with Gasteiger partial charge in [0.15, 0.2) is 0 Å². The lowest BCUT2D eigenvalue weighted by atomic mass is 9.85. The number of esters is 1. The van der Waals surface area contributed by atoms with E-state index < -0.39 is 48.3 Å². The number of hydrogen-bond donors (Lipinski definition) is 4. The van der Waals surface area contributed by atoms with E-state index in [1.807, 2.05) is 6.92 Å². The summed E-state index contributed by atoms with van der Waals surface area (Å²) in [7, 11) is 0. The van der Waals surface area contributed by atoms with Crippen LogP contribution in [0.3, 0.4) is 0 Å². The van der Waals surface area contributed by atoms with E-state index in [9.17, 15) is 34.5 Å². The fraction of sp³-hybridized carbons (Fsp3) is 0.550. The Morgan fingerprint density at radius 1 is 0.811 bits per heavy atom. The third kappa shape index (κ3) is 15.8. The lowest BCUT2D eigenvalue weighted by Crippen LogP contribution is -2.50. The third-order valence-electron chi connectivity index (χ3n) is 9.30. The summed E-state index contributed by atoms with van der Waals surface area (Å²) in [6.07, 6.45) is 4.61. The zero-order valence-corrected chi connectivity index (χ0v) is 30.7. The summed E-state index contributed by atoms with van der Waals surface area (Å²) >= 11 is 0. The summed E-state index contributed by atoms with van der Waals surface area (Å²) in [4.78, 5) is 54.4. The number of hydrogen-bond acceptors (Lipinski definition) is 12. The maximum Gasteiger partial charge on any atom is 0.386 e. The molecule has 13 heteroatoms. The molecule has 4 rings (SSSR count). The molecule has 2 saturated heterocycles. The standard InChI is InChI=1S/C26H44O9.C14H10O4/c1-16(13-23(30)33-11-9-7-5-4-6-8-10-22(28)29)12-20-25(32)24(31)19(15-34-20)14-21-26(35-21)17(2)18(3)27;15-13(11-7-3-1-4-8-11)17-18-14(16)12-9-5-2-6-10-12/h13,17-21,24-27,31-32H,4-12,14-15H2,1-3H3,(H,28,29);1-10H/b16-13+;/t17-,18-,19-,20-,21-,24+,25-,26-;/m0./s1. The molecular weight excluding hydrogens is 688 g/mol. The Labute approximate surface area is 310 Å². The van der Waals surface area contributed by atoms with Gasteiger partial charge in [0.2, 0.25) is 0 Å². The highest BCUT2D eigenvalue weighted by molar-refractivity contribution is 5.92. The van der Waals surface area contributed by atoms with Crippen molar-refractivity contribution in [2.75, 3.05) is 13.2 Å². The molecule has 0 aromatic heterocycles. The number of aliphatic carboxylic acids is 1. The number of carboxylic acid groups (broad SMARTS) is 1. The minimum atomic E-state index is -1.06. The van der Waals surface area contributed by atoms with Crippen LogP contribution < -0.4 is 0 Å². The van der Waals surface area contributed by atoms with E-state index in [-0.39, 0.29) is 30.5 Å². The van der Waals surface area contributed by atoms with E-state index in [0.29, 0.717) is 49.2 Å². The number of rotatable bonds is 18. The highest BCUT2D eigenvalue weighted by atomic mass is 17.2. The van der Waals surface area contributed by atoms with E-state index in [4.69, 9.17) is 19.3 Å².